The molecule has 0 radical (unpaired) electrons. The summed E-state index contributed by atoms with van der Waals surface area (Å²) in [4.78, 5) is 11.7. The Morgan fingerprint density at radius 1 is 1.83 bits per heavy atom. The number of ether oxygens (including phenoxy) is 1. The highest BCUT2D eigenvalue weighted by Gasteiger charge is 2.05. The topological polar surface area (TPSA) is 83.0 Å². The van der Waals surface area contributed by atoms with Crippen molar-refractivity contribution in [2.75, 3.05) is 5.84 Å². The lowest BCUT2D eigenvalue weighted by Gasteiger charge is -1.96. The molecule has 1 rings (SSSR count). The van der Waals surface area contributed by atoms with Gasteiger partial charge in [0.2, 0.25) is 0 Å². The largest absolute Gasteiger partial charge is 0.404 e. The molecule has 0 bridgehead atoms. The van der Waals surface area contributed by atoms with Crippen LogP contribution in [0.15, 0.2) is 6.20 Å². The van der Waals surface area contributed by atoms with Crippen molar-refractivity contribution < 1.29 is 9.53 Å². The number of carbonyl (C=O) groups is 1. The SMILES string of the molecule is CCCC(=O)Oc1cnn(N)n1. The lowest BCUT2D eigenvalue weighted by atomic mass is 10.3. The van der Waals surface area contributed by atoms with Gasteiger partial charge in [-0.25, -0.2) is 0 Å². The van der Waals surface area contributed by atoms with Crippen molar-refractivity contribution in [3.63, 3.8) is 0 Å². The fourth-order valence-corrected chi connectivity index (χ4v) is 0.680. The zero-order valence-electron chi connectivity index (χ0n) is 6.73. The summed E-state index contributed by atoms with van der Waals surface area (Å²) in [5, 5.41) is 7.11. The van der Waals surface area contributed by atoms with Crippen LogP contribution >= 0.6 is 0 Å². The standard InChI is InChI=1S/C6H10N4O2/c1-2-3-6(11)12-5-4-8-10(7)9-5/h4H,2-3,7H2,1H3. The van der Waals surface area contributed by atoms with E-state index in [4.69, 9.17) is 10.6 Å². The maximum Gasteiger partial charge on any atom is 0.312 e. The second-order valence-electron chi connectivity index (χ2n) is 2.23. The van der Waals surface area contributed by atoms with Gasteiger partial charge >= 0.3 is 5.97 Å². The summed E-state index contributed by atoms with van der Waals surface area (Å²) >= 11 is 0. The highest BCUT2D eigenvalue weighted by molar-refractivity contribution is 5.71. The molecule has 1 aromatic rings. The summed E-state index contributed by atoms with van der Waals surface area (Å²) in [6.07, 6.45) is 2.40. The van der Waals surface area contributed by atoms with E-state index in [-0.39, 0.29) is 11.8 Å². The van der Waals surface area contributed by atoms with E-state index in [0.29, 0.717) is 6.42 Å². The molecule has 0 fully saturated rings. The van der Waals surface area contributed by atoms with Crippen LogP contribution in [0.3, 0.4) is 0 Å². The predicted molar refractivity (Wildman–Crippen MR) is 40.7 cm³/mol. The highest BCUT2D eigenvalue weighted by atomic mass is 16.5. The van der Waals surface area contributed by atoms with Gasteiger partial charge in [0.1, 0.15) is 6.20 Å². The number of nitrogens with two attached hydrogens (primary N) is 1. The first kappa shape index (κ1) is 8.51. The monoisotopic (exact) mass is 170 g/mol. The fourth-order valence-electron chi connectivity index (χ4n) is 0.680. The summed E-state index contributed by atoms with van der Waals surface area (Å²) in [5.41, 5.74) is 0. The molecule has 12 heavy (non-hydrogen) atoms. The van der Waals surface area contributed by atoms with Crippen LogP contribution in [0.25, 0.3) is 0 Å². The van der Waals surface area contributed by atoms with Crippen LogP contribution in [-0.2, 0) is 4.79 Å². The highest BCUT2D eigenvalue weighted by Crippen LogP contribution is 2.02. The molecule has 0 aliphatic heterocycles. The first-order valence-corrected chi connectivity index (χ1v) is 3.60. The average Bonchev–Trinajstić information content (AvgIpc) is 2.36. The van der Waals surface area contributed by atoms with Crippen LogP contribution in [0.4, 0.5) is 0 Å². The maximum atomic E-state index is 10.9. The van der Waals surface area contributed by atoms with Crippen molar-refractivity contribution >= 4 is 5.97 Å². The van der Waals surface area contributed by atoms with Gasteiger partial charge in [-0.05, 0) is 6.42 Å². The van der Waals surface area contributed by atoms with Crippen molar-refractivity contribution in [3.8, 4) is 5.88 Å². The fraction of sp³-hybridized carbons (Fsp3) is 0.500. The molecule has 0 spiro atoms. The lowest BCUT2D eigenvalue weighted by molar-refractivity contribution is -0.134. The summed E-state index contributed by atoms with van der Waals surface area (Å²) < 4.78 is 4.76. The molecule has 2 N–H and O–H groups in total. The molecular formula is C6H10N4O2. The maximum absolute atomic E-state index is 10.9. The number of aromatic nitrogens is 3. The molecule has 1 heterocycles. The Kier molecular flexibility index (Phi) is 2.62. The third-order valence-electron chi connectivity index (χ3n) is 1.16. The number of nitrogens with zero attached hydrogens (tertiary/aromatic N) is 3. The Labute approximate surface area is 69.3 Å². The number of hydrogen-bond donors (Lipinski definition) is 1. The van der Waals surface area contributed by atoms with Gasteiger partial charge in [0.05, 0.1) is 0 Å². The number of carbonyl (C=O) groups excluding carboxylic acids is 1. The van der Waals surface area contributed by atoms with Crippen LogP contribution in [0.2, 0.25) is 0 Å². The molecule has 0 amide bonds. The third-order valence-corrected chi connectivity index (χ3v) is 1.16. The summed E-state index contributed by atoms with van der Waals surface area (Å²) in [6, 6.07) is 0. The number of esters is 1. The first-order chi connectivity index (χ1) is 5.72. The molecular weight excluding hydrogens is 160 g/mol. The van der Waals surface area contributed by atoms with Gasteiger partial charge in [0, 0.05) is 6.42 Å². The molecule has 0 saturated heterocycles. The van der Waals surface area contributed by atoms with Gasteiger partial charge in [-0.2, -0.15) is 0 Å². The minimum Gasteiger partial charge on any atom is -0.404 e. The van der Waals surface area contributed by atoms with E-state index in [9.17, 15) is 4.79 Å². The summed E-state index contributed by atoms with van der Waals surface area (Å²) in [6.45, 7) is 1.89. The van der Waals surface area contributed by atoms with E-state index >= 15 is 0 Å². The van der Waals surface area contributed by atoms with E-state index in [0.717, 1.165) is 11.3 Å². The lowest BCUT2D eigenvalue weighted by Crippen LogP contribution is -2.12. The third kappa shape index (κ3) is 2.22. The van der Waals surface area contributed by atoms with Crippen molar-refractivity contribution in [1.29, 1.82) is 0 Å². The van der Waals surface area contributed by atoms with Crippen LogP contribution in [0.1, 0.15) is 19.8 Å². The molecule has 66 valence electrons. The average molecular weight is 170 g/mol. The minimum absolute atomic E-state index is 0.135. The van der Waals surface area contributed by atoms with Gasteiger partial charge < -0.3 is 10.6 Å². The Bertz CT molecular complexity index is 270. The Hall–Kier alpha value is -1.59. The van der Waals surface area contributed by atoms with E-state index in [1.807, 2.05) is 6.92 Å². The van der Waals surface area contributed by atoms with E-state index in [2.05, 4.69) is 10.2 Å². The van der Waals surface area contributed by atoms with Crippen molar-refractivity contribution in [1.82, 2.24) is 15.1 Å². The molecule has 6 heteroatoms. The van der Waals surface area contributed by atoms with Crippen molar-refractivity contribution in [3.05, 3.63) is 6.20 Å². The van der Waals surface area contributed by atoms with Gasteiger partial charge in [-0.1, -0.05) is 16.9 Å². The van der Waals surface area contributed by atoms with E-state index in [1.165, 1.54) is 6.20 Å². The van der Waals surface area contributed by atoms with Crippen molar-refractivity contribution in [2.45, 2.75) is 19.8 Å². The van der Waals surface area contributed by atoms with Gasteiger partial charge in [-0.3, -0.25) is 4.79 Å². The van der Waals surface area contributed by atoms with Crippen LogP contribution in [0, 0.1) is 0 Å². The minimum atomic E-state index is -0.321. The zero-order valence-corrected chi connectivity index (χ0v) is 6.73. The molecule has 6 nitrogen and oxygen atoms in total. The van der Waals surface area contributed by atoms with Crippen LogP contribution in [-0.4, -0.2) is 21.1 Å². The van der Waals surface area contributed by atoms with E-state index in [1.54, 1.807) is 0 Å². The second-order valence-corrected chi connectivity index (χ2v) is 2.23. The molecule has 0 unspecified atom stereocenters. The number of nitrogen functional groups attached to an aromatic ring is 1. The molecule has 0 aliphatic carbocycles. The van der Waals surface area contributed by atoms with Gasteiger partial charge in [0.15, 0.2) is 0 Å². The normalized spacial score (nSPS) is 9.75. The Balaban J connectivity index is 2.46. The van der Waals surface area contributed by atoms with Gasteiger partial charge in [0.25, 0.3) is 5.88 Å². The summed E-state index contributed by atoms with van der Waals surface area (Å²) in [5.74, 6) is 4.95. The molecule has 0 atom stereocenters. The zero-order chi connectivity index (χ0) is 8.97. The molecule has 0 saturated carbocycles. The number of hydrogen-bond acceptors (Lipinski definition) is 5. The Morgan fingerprint density at radius 3 is 3.08 bits per heavy atom. The number of rotatable bonds is 3. The predicted octanol–water partition coefficient (Wildman–Crippen LogP) is -0.303. The molecule has 0 aromatic carbocycles. The second kappa shape index (κ2) is 3.70. The first-order valence-electron chi connectivity index (χ1n) is 3.60. The molecule has 1 aromatic heterocycles. The van der Waals surface area contributed by atoms with Crippen molar-refractivity contribution in [2.24, 2.45) is 0 Å². The van der Waals surface area contributed by atoms with Gasteiger partial charge in [-0.15, -0.1) is 5.10 Å². The van der Waals surface area contributed by atoms with Crippen LogP contribution < -0.4 is 10.6 Å². The van der Waals surface area contributed by atoms with E-state index < -0.39 is 0 Å². The molecule has 0 aliphatic rings. The van der Waals surface area contributed by atoms with Crippen LogP contribution in [0.5, 0.6) is 5.88 Å². The Morgan fingerprint density at radius 2 is 2.58 bits per heavy atom. The summed E-state index contributed by atoms with van der Waals surface area (Å²) in [7, 11) is 0. The quantitative estimate of drug-likeness (QED) is 0.497. The smallest absolute Gasteiger partial charge is 0.312 e.